The standard InChI is InChI=1S/C48H30O/c1-2-13-31(14-3-1)33-27-28-44-43(30-33)48-42(25-12-26-45(48)49-44)47-40-22-8-6-20-38(40)46(39-21-7-9-23-41(39)47)35-18-10-17-34(29-35)37-24-11-16-32-15-4-5-19-36(32)37/h1-30H/i1D,2D,3D,4D,5D,10D,11D,13D,14D,15D,16D,17D,18D,19D,24D,29D. The van der Waals surface area contributed by atoms with E-state index < -0.39 is 90.2 Å². The van der Waals surface area contributed by atoms with E-state index in [4.69, 9.17) is 23.6 Å². The van der Waals surface area contributed by atoms with Gasteiger partial charge in [-0.3, -0.25) is 0 Å². The van der Waals surface area contributed by atoms with E-state index in [1.165, 1.54) is 0 Å². The molecule has 1 nitrogen and oxygen atoms in total. The fourth-order valence-electron chi connectivity index (χ4n) is 6.87. The first-order chi connectivity index (χ1) is 31.0. The first-order valence-corrected chi connectivity index (χ1v) is 15.5. The summed E-state index contributed by atoms with van der Waals surface area (Å²) >= 11 is 0. The number of hydrogen-bond donors (Lipinski definition) is 0. The number of hydrogen-bond acceptors (Lipinski definition) is 1. The van der Waals surface area contributed by atoms with Crippen molar-refractivity contribution in [3.05, 3.63) is 182 Å². The predicted molar refractivity (Wildman–Crippen MR) is 208 cm³/mol. The highest BCUT2D eigenvalue weighted by Crippen LogP contribution is 2.47. The Labute approximate surface area is 306 Å². The Morgan fingerprint density at radius 1 is 0.388 bits per heavy atom. The van der Waals surface area contributed by atoms with Gasteiger partial charge in [-0.2, -0.15) is 0 Å². The zero-order valence-electron chi connectivity index (χ0n) is 41.5. The largest absolute Gasteiger partial charge is 0.456 e. The zero-order valence-corrected chi connectivity index (χ0v) is 25.5. The van der Waals surface area contributed by atoms with Gasteiger partial charge in [0.2, 0.25) is 0 Å². The third-order valence-electron chi connectivity index (χ3n) is 8.92. The van der Waals surface area contributed by atoms with Gasteiger partial charge in [-0.15, -0.1) is 0 Å². The minimum Gasteiger partial charge on any atom is -0.456 e. The molecular weight excluding hydrogens is 593 g/mol. The van der Waals surface area contributed by atoms with Crippen molar-refractivity contribution in [2.45, 2.75) is 0 Å². The van der Waals surface area contributed by atoms with Crippen molar-refractivity contribution in [3.63, 3.8) is 0 Å². The Hall–Kier alpha value is -6.44. The molecule has 0 amide bonds. The molecule has 0 aliphatic rings. The Morgan fingerprint density at radius 3 is 1.84 bits per heavy atom. The van der Waals surface area contributed by atoms with E-state index in [-0.39, 0.29) is 39.5 Å². The molecule has 0 aliphatic carbocycles. The van der Waals surface area contributed by atoms with Gasteiger partial charge in [0.25, 0.3) is 0 Å². The summed E-state index contributed by atoms with van der Waals surface area (Å²) in [5, 5.41) is 2.95. The van der Waals surface area contributed by atoms with Gasteiger partial charge in [-0.1, -0.05) is 157 Å². The van der Waals surface area contributed by atoms with Gasteiger partial charge >= 0.3 is 0 Å². The first kappa shape index (κ1) is 16.1. The van der Waals surface area contributed by atoms with Crippen molar-refractivity contribution in [2.75, 3.05) is 0 Å². The van der Waals surface area contributed by atoms with Crippen molar-refractivity contribution < 1.29 is 26.3 Å². The third kappa shape index (κ3) is 4.40. The SMILES string of the molecule is [2H]c1c([2H])c([2H])c(-c2ccc3oc4cccc(-c5c6ccccc6c(-c6c([2H])c([2H])c([2H])c(-c7c([2H])c([2H])c([2H])c8c([2H])c([2H])c([2H])c([2H])c78)c6[2H])c6ccccc56)c4c3c2)c([2H])c1[2H]. The van der Waals surface area contributed by atoms with Gasteiger partial charge in [-0.05, 0) is 101 Å². The molecule has 0 radical (unpaired) electrons. The highest BCUT2D eigenvalue weighted by molar-refractivity contribution is 6.26. The lowest BCUT2D eigenvalue weighted by Crippen LogP contribution is -1.92. The van der Waals surface area contributed by atoms with Crippen LogP contribution < -0.4 is 0 Å². The third-order valence-corrected chi connectivity index (χ3v) is 8.92. The lowest BCUT2D eigenvalue weighted by atomic mass is 9.84. The van der Waals surface area contributed by atoms with Gasteiger partial charge in [0.05, 0.1) is 21.9 Å². The topological polar surface area (TPSA) is 13.1 Å². The molecule has 10 rings (SSSR count). The molecule has 10 aromatic rings. The molecule has 0 aliphatic heterocycles. The molecule has 0 bridgehead atoms. The maximum Gasteiger partial charge on any atom is 0.136 e. The van der Waals surface area contributed by atoms with Crippen LogP contribution in [0, 0.1) is 0 Å². The number of fused-ring (bicyclic) bond motifs is 6. The average molecular weight is 639 g/mol. The fourth-order valence-corrected chi connectivity index (χ4v) is 6.87. The van der Waals surface area contributed by atoms with Crippen LogP contribution in [0.4, 0.5) is 0 Å². The number of rotatable bonds is 4. The summed E-state index contributed by atoms with van der Waals surface area (Å²) < 4.78 is 147. The maximum absolute atomic E-state index is 9.84. The molecule has 1 aromatic heterocycles. The fraction of sp³-hybridized carbons (Fsp3) is 0. The molecule has 1 heterocycles. The average Bonchev–Trinajstić information content (AvgIpc) is 3.69. The second kappa shape index (κ2) is 11.1. The van der Waals surface area contributed by atoms with Crippen molar-refractivity contribution in [3.8, 4) is 44.5 Å². The predicted octanol–water partition coefficient (Wildman–Crippen LogP) is 13.7. The zero-order chi connectivity index (χ0) is 46.2. The molecule has 0 N–H and O–H groups in total. The minimum atomic E-state index is -0.694. The summed E-state index contributed by atoms with van der Waals surface area (Å²) in [6, 6.07) is 16.3. The number of furan rings is 1. The lowest BCUT2D eigenvalue weighted by molar-refractivity contribution is 0.669. The van der Waals surface area contributed by atoms with Crippen LogP contribution in [0.3, 0.4) is 0 Å². The van der Waals surface area contributed by atoms with Gasteiger partial charge in [0.1, 0.15) is 11.2 Å². The molecule has 0 atom stereocenters. The van der Waals surface area contributed by atoms with Gasteiger partial charge in [-0.25, -0.2) is 0 Å². The second-order valence-corrected chi connectivity index (χ2v) is 11.6. The molecule has 1 heteroatoms. The Morgan fingerprint density at radius 2 is 1.04 bits per heavy atom. The van der Waals surface area contributed by atoms with Crippen molar-refractivity contribution in [1.29, 1.82) is 0 Å². The van der Waals surface area contributed by atoms with Crippen LogP contribution in [0.2, 0.25) is 0 Å². The number of benzene rings is 9. The normalized spacial score (nSPS) is 16.2. The van der Waals surface area contributed by atoms with E-state index in [0.717, 1.165) is 5.56 Å². The van der Waals surface area contributed by atoms with E-state index in [0.29, 0.717) is 60.2 Å². The van der Waals surface area contributed by atoms with E-state index in [1.54, 1.807) is 48.5 Å². The molecule has 0 fully saturated rings. The maximum atomic E-state index is 9.84. The van der Waals surface area contributed by atoms with Gasteiger partial charge < -0.3 is 4.42 Å². The molecule has 0 saturated carbocycles. The van der Waals surface area contributed by atoms with E-state index >= 15 is 0 Å². The van der Waals surface area contributed by atoms with E-state index in [2.05, 4.69) is 0 Å². The summed E-state index contributed by atoms with van der Waals surface area (Å²) in [7, 11) is 0. The van der Waals surface area contributed by atoms with Gasteiger partial charge in [0, 0.05) is 10.8 Å². The summed E-state index contributed by atoms with van der Waals surface area (Å²) in [5.74, 6) is 0. The smallest absolute Gasteiger partial charge is 0.136 e. The Kier molecular flexibility index (Phi) is 3.64. The molecule has 0 saturated heterocycles. The minimum absolute atomic E-state index is 0.0367. The summed E-state index contributed by atoms with van der Waals surface area (Å²) in [4.78, 5) is 0. The van der Waals surface area contributed by atoms with Crippen LogP contribution in [0.25, 0.3) is 98.8 Å². The van der Waals surface area contributed by atoms with Crippen molar-refractivity contribution >= 4 is 54.3 Å². The van der Waals surface area contributed by atoms with E-state index in [9.17, 15) is 2.74 Å². The lowest BCUT2D eigenvalue weighted by Gasteiger charge is -2.19. The Bertz CT molecular complexity index is 3710. The van der Waals surface area contributed by atoms with Crippen LogP contribution in [-0.2, 0) is 0 Å². The first-order valence-electron chi connectivity index (χ1n) is 23.5. The van der Waals surface area contributed by atoms with Crippen LogP contribution in [0.15, 0.2) is 186 Å². The molecular formula is C48H30O. The van der Waals surface area contributed by atoms with Crippen molar-refractivity contribution in [2.24, 2.45) is 0 Å². The summed E-state index contributed by atoms with van der Waals surface area (Å²) in [6.45, 7) is 0. The molecule has 49 heavy (non-hydrogen) atoms. The van der Waals surface area contributed by atoms with E-state index in [1.807, 2.05) is 36.4 Å². The summed E-state index contributed by atoms with van der Waals surface area (Å²) in [6.07, 6.45) is 0. The van der Waals surface area contributed by atoms with Crippen molar-refractivity contribution in [1.82, 2.24) is 0 Å². The van der Waals surface area contributed by atoms with Crippen LogP contribution in [-0.4, -0.2) is 0 Å². The van der Waals surface area contributed by atoms with Gasteiger partial charge in [0.15, 0.2) is 0 Å². The van der Waals surface area contributed by atoms with Crippen LogP contribution in [0.1, 0.15) is 21.9 Å². The monoisotopic (exact) mass is 638 g/mol. The molecule has 0 unspecified atom stereocenters. The molecule has 9 aromatic carbocycles. The highest BCUT2D eigenvalue weighted by atomic mass is 16.3. The summed E-state index contributed by atoms with van der Waals surface area (Å²) in [5.41, 5.74) is 2.32. The molecule has 228 valence electrons. The second-order valence-electron chi connectivity index (χ2n) is 11.6. The van der Waals surface area contributed by atoms with Crippen LogP contribution in [0.5, 0.6) is 0 Å². The molecule has 0 spiro atoms. The van der Waals surface area contributed by atoms with Crippen LogP contribution >= 0.6 is 0 Å². The Balaban J connectivity index is 1.31. The quantitative estimate of drug-likeness (QED) is 0.175. The highest BCUT2D eigenvalue weighted by Gasteiger charge is 2.21.